The summed E-state index contributed by atoms with van der Waals surface area (Å²) in [6.45, 7) is 8.41. The maximum atomic E-state index is 13.0. The second-order valence-electron chi connectivity index (χ2n) is 10.6. The first-order valence-corrected chi connectivity index (χ1v) is 12.5. The summed E-state index contributed by atoms with van der Waals surface area (Å²) >= 11 is 0. The highest BCUT2D eigenvalue weighted by Gasteiger charge is 2.53. The van der Waals surface area contributed by atoms with Gasteiger partial charge in [0.1, 0.15) is 0 Å². The molecule has 1 unspecified atom stereocenters. The minimum atomic E-state index is -0.558. The van der Waals surface area contributed by atoms with Gasteiger partial charge in [0.05, 0.1) is 20.3 Å². The zero-order valence-electron chi connectivity index (χ0n) is 21.5. The zero-order valence-corrected chi connectivity index (χ0v) is 21.5. The second-order valence-corrected chi connectivity index (χ2v) is 10.6. The third-order valence-corrected chi connectivity index (χ3v) is 8.49. The Hall–Kier alpha value is -2.28. The van der Waals surface area contributed by atoms with E-state index >= 15 is 0 Å². The summed E-state index contributed by atoms with van der Waals surface area (Å²) in [5, 5.41) is 17.6. The minimum Gasteiger partial charge on any atom is -0.493 e. The lowest BCUT2D eigenvalue weighted by Gasteiger charge is -2.56. The third-order valence-electron chi connectivity index (χ3n) is 8.49. The Balaban J connectivity index is 1.60. The molecule has 0 bridgehead atoms. The third kappa shape index (κ3) is 5.51. The molecule has 0 heterocycles. The molecule has 7 heteroatoms. The van der Waals surface area contributed by atoms with Gasteiger partial charge < -0.3 is 25.2 Å². The molecule has 2 aliphatic rings. The van der Waals surface area contributed by atoms with E-state index in [2.05, 4.69) is 24.5 Å². The first-order valence-electron chi connectivity index (χ1n) is 12.5. The van der Waals surface area contributed by atoms with E-state index in [1.807, 2.05) is 25.1 Å². The number of aliphatic hydroxyl groups excluding tert-OH is 1. The van der Waals surface area contributed by atoms with Crippen molar-refractivity contribution in [3.8, 4) is 11.5 Å². The Morgan fingerprint density at radius 2 is 1.85 bits per heavy atom. The summed E-state index contributed by atoms with van der Waals surface area (Å²) in [5.74, 6) is 1.18. The number of aliphatic hydroxyl groups is 1. The van der Waals surface area contributed by atoms with Crippen LogP contribution in [-0.4, -0.2) is 49.8 Å². The topological polar surface area (TPSA) is 96.9 Å². The van der Waals surface area contributed by atoms with E-state index < -0.39 is 6.10 Å². The number of carbonyl (C=O) groups is 2. The fourth-order valence-electron chi connectivity index (χ4n) is 6.48. The summed E-state index contributed by atoms with van der Waals surface area (Å²) in [6, 6.07) is 5.84. The molecule has 2 amide bonds. The smallest absolute Gasteiger partial charge is 0.223 e. The molecule has 1 aromatic carbocycles. The predicted octanol–water partition coefficient (Wildman–Crippen LogP) is 3.33. The van der Waals surface area contributed by atoms with Crippen molar-refractivity contribution < 1.29 is 24.2 Å². The van der Waals surface area contributed by atoms with E-state index in [0.29, 0.717) is 24.5 Å². The van der Waals surface area contributed by atoms with Gasteiger partial charge in [-0.3, -0.25) is 9.59 Å². The van der Waals surface area contributed by atoms with Crippen LogP contribution in [0.3, 0.4) is 0 Å². The molecule has 190 valence electrons. The van der Waals surface area contributed by atoms with Gasteiger partial charge in [-0.25, -0.2) is 0 Å². The largest absolute Gasteiger partial charge is 0.493 e. The molecule has 3 rings (SSSR count). The number of nitrogens with one attached hydrogen (secondary N) is 2. The first-order chi connectivity index (χ1) is 16.1. The average Bonchev–Trinajstić information content (AvgIpc) is 2.80. The summed E-state index contributed by atoms with van der Waals surface area (Å²) < 4.78 is 10.6. The van der Waals surface area contributed by atoms with Crippen molar-refractivity contribution >= 4 is 11.8 Å². The monoisotopic (exact) mass is 474 g/mol. The minimum absolute atomic E-state index is 0.0185. The Labute approximate surface area is 204 Å². The van der Waals surface area contributed by atoms with Gasteiger partial charge >= 0.3 is 0 Å². The summed E-state index contributed by atoms with van der Waals surface area (Å²) in [7, 11) is 3.21. The van der Waals surface area contributed by atoms with E-state index in [0.717, 1.165) is 31.2 Å². The van der Waals surface area contributed by atoms with Crippen LogP contribution in [0, 0.1) is 29.1 Å². The number of hydrogen-bond donors (Lipinski definition) is 3. The Morgan fingerprint density at radius 3 is 2.50 bits per heavy atom. The van der Waals surface area contributed by atoms with Crippen LogP contribution in [0.2, 0.25) is 0 Å². The van der Waals surface area contributed by atoms with Gasteiger partial charge in [0.2, 0.25) is 11.8 Å². The van der Waals surface area contributed by atoms with Gasteiger partial charge in [-0.05, 0) is 73.0 Å². The predicted molar refractivity (Wildman–Crippen MR) is 132 cm³/mol. The molecule has 2 aliphatic carbocycles. The Kier molecular flexibility index (Phi) is 8.50. The molecule has 7 atom stereocenters. The van der Waals surface area contributed by atoms with E-state index in [9.17, 15) is 14.7 Å². The van der Waals surface area contributed by atoms with E-state index in [-0.39, 0.29) is 46.9 Å². The van der Waals surface area contributed by atoms with Crippen LogP contribution in [0.4, 0.5) is 0 Å². The van der Waals surface area contributed by atoms with Gasteiger partial charge in [-0.2, -0.15) is 0 Å². The van der Waals surface area contributed by atoms with Crippen molar-refractivity contribution in [3.05, 3.63) is 23.8 Å². The number of benzene rings is 1. The van der Waals surface area contributed by atoms with Crippen LogP contribution >= 0.6 is 0 Å². The molecule has 0 aromatic heterocycles. The fraction of sp³-hybridized carbons (Fsp3) is 0.704. The van der Waals surface area contributed by atoms with Crippen molar-refractivity contribution in [2.75, 3.05) is 20.8 Å². The van der Waals surface area contributed by atoms with Crippen LogP contribution in [-0.2, 0) is 16.0 Å². The number of carbonyl (C=O) groups excluding carboxylic acids is 2. The molecule has 7 nitrogen and oxygen atoms in total. The summed E-state index contributed by atoms with van der Waals surface area (Å²) in [5.41, 5.74) is 1.10. The number of rotatable bonds is 8. The maximum Gasteiger partial charge on any atom is 0.223 e. The van der Waals surface area contributed by atoms with Gasteiger partial charge in [0.15, 0.2) is 11.5 Å². The van der Waals surface area contributed by atoms with Crippen LogP contribution in [0.25, 0.3) is 0 Å². The first kappa shape index (κ1) is 26.3. The number of fused-ring (bicyclic) bond motifs is 1. The molecule has 0 aliphatic heterocycles. The average molecular weight is 475 g/mol. The zero-order chi connectivity index (χ0) is 25.0. The number of ether oxygens (including phenoxy) is 2. The summed E-state index contributed by atoms with van der Waals surface area (Å²) in [6.07, 6.45) is 3.90. The van der Waals surface area contributed by atoms with E-state index in [1.165, 1.54) is 0 Å². The van der Waals surface area contributed by atoms with Crippen molar-refractivity contribution in [2.45, 2.75) is 71.9 Å². The normalized spacial score (nSPS) is 31.7. The maximum absolute atomic E-state index is 13.0. The van der Waals surface area contributed by atoms with E-state index in [1.54, 1.807) is 21.1 Å². The van der Waals surface area contributed by atoms with Crippen molar-refractivity contribution in [1.82, 2.24) is 10.6 Å². The summed E-state index contributed by atoms with van der Waals surface area (Å²) in [4.78, 5) is 24.7. The molecule has 1 aromatic rings. The van der Waals surface area contributed by atoms with Crippen molar-refractivity contribution in [2.24, 2.45) is 29.1 Å². The lowest BCUT2D eigenvalue weighted by Crippen LogP contribution is -2.58. The van der Waals surface area contributed by atoms with Crippen LogP contribution in [0.15, 0.2) is 18.2 Å². The molecular weight excluding hydrogens is 432 g/mol. The quantitative estimate of drug-likeness (QED) is 0.537. The van der Waals surface area contributed by atoms with Crippen LogP contribution in [0.1, 0.15) is 58.9 Å². The molecule has 0 radical (unpaired) electrons. The molecule has 0 spiro atoms. The van der Waals surface area contributed by atoms with Crippen LogP contribution < -0.4 is 20.1 Å². The fourth-order valence-corrected chi connectivity index (χ4v) is 6.48. The van der Waals surface area contributed by atoms with Gasteiger partial charge in [-0.15, -0.1) is 0 Å². The SMILES string of the molecule is COc1ccc(CCNC(=O)[C@@H](C)C2CC[C@@]3(C)CC[C@H](NC(C)=O)[C@@H](C)[C@@H]3[C@H]2O)cc1OC. The van der Waals surface area contributed by atoms with Crippen LogP contribution in [0.5, 0.6) is 11.5 Å². The van der Waals surface area contributed by atoms with Gasteiger partial charge in [0.25, 0.3) is 0 Å². The number of methoxy groups -OCH3 is 2. The van der Waals surface area contributed by atoms with Crippen molar-refractivity contribution in [3.63, 3.8) is 0 Å². The molecular formula is C27H42N2O5. The number of amides is 2. The lowest BCUT2D eigenvalue weighted by molar-refractivity contribution is -0.143. The standard InChI is InChI=1S/C27H42N2O5/c1-16(26(32)28-14-11-19-7-8-22(33-5)23(15-19)34-6)20-9-12-27(4)13-10-21(29-18(3)30)17(2)24(27)25(20)31/h7-8,15-17,20-21,24-25,31H,9-14H2,1-6H3,(H,28,32)(H,29,30)/t16-,17+,20?,21-,24+,25-,27-/m0/s1. The molecule has 2 saturated carbocycles. The number of hydrogen-bond acceptors (Lipinski definition) is 5. The Morgan fingerprint density at radius 1 is 1.18 bits per heavy atom. The highest BCUT2D eigenvalue weighted by atomic mass is 16.5. The van der Waals surface area contributed by atoms with E-state index in [4.69, 9.17) is 9.47 Å². The molecule has 3 N–H and O–H groups in total. The van der Waals surface area contributed by atoms with Crippen molar-refractivity contribution in [1.29, 1.82) is 0 Å². The molecule has 0 saturated heterocycles. The lowest BCUT2D eigenvalue weighted by atomic mass is 9.51. The highest BCUT2D eigenvalue weighted by Crippen LogP contribution is 2.55. The van der Waals surface area contributed by atoms with Gasteiger partial charge in [0, 0.05) is 25.4 Å². The molecule has 34 heavy (non-hydrogen) atoms. The Bertz CT molecular complexity index is 875. The highest BCUT2D eigenvalue weighted by molar-refractivity contribution is 5.78. The van der Waals surface area contributed by atoms with Gasteiger partial charge in [-0.1, -0.05) is 26.8 Å². The second kappa shape index (κ2) is 11.0. The molecule has 2 fully saturated rings.